The molecule has 0 bridgehead atoms. The minimum absolute atomic E-state index is 0.670. The van der Waals surface area contributed by atoms with Gasteiger partial charge in [0, 0.05) is 25.8 Å². The van der Waals surface area contributed by atoms with Crippen LogP contribution < -0.4 is 5.32 Å². The fraction of sp³-hybridized carbons (Fsp3) is 0.765. The van der Waals surface area contributed by atoms with Gasteiger partial charge in [-0.15, -0.1) is 0 Å². The van der Waals surface area contributed by atoms with E-state index in [1.54, 1.807) is 7.11 Å². The molecule has 1 saturated heterocycles. The highest BCUT2D eigenvalue weighted by molar-refractivity contribution is 5.17. The van der Waals surface area contributed by atoms with Crippen molar-refractivity contribution in [1.82, 2.24) is 10.2 Å². The van der Waals surface area contributed by atoms with Crippen molar-refractivity contribution in [3.05, 3.63) is 23.7 Å². The molecule has 4 nitrogen and oxygen atoms in total. The molecule has 0 aromatic carbocycles. The van der Waals surface area contributed by atoms with Crippen molar-refractivity contribution < 1.29 is 9.15 Å². The van der Waals surface area contributed by atoms with Crippen LogP contribution in [0.5, 0.6) is 0 Å². The Morgan fingerprint density at radius 3 is 2.81 bits per heavy atom. The first-order valence-electron chi connectivity index (χ1n) is 8.16. The van der Waals surface area contributed by atoms with Crippen LogP contribution in [0.25, 0.3) is 0 Å². The number of nitrogens with one attached hydrogen (secondary N) is 1. The van der Waals surface area contributed by atoms with Gasteiger partial charge in [0.15, 0.2) is 0 Å². The zero-order valence-electron chi connectivity index (χ0n) is 13.7. The van der Waals surface area contributed by atoms with Crippen molar-refractivity contribution in [3.63, 3.8) is 0 Å². The molecule has 1 aliphatic rings. The Bertz CT molecular complexity index is 395. The summed E-state index contributed by atoms with van der Waals surface area (Å²) in [4.78, 5) is 2.53. The van der Waals surface area contributed by atoms with E-state index in [9.17, 15) is 0 Å². The fourth-order valence-corrected chi connectivity index (χ4v) is 2.93. The van der Waals surface area contributed by atoms with Gasteiger partial charge in [-0.2, -0.15) is 0 Å². The molecule has 0 amide bonds. The highest BCUT2D eigenvalue weighted by Crippen LogP contribution is 2.21. The van der Waals surface area contributed by atoms with Gasteiger partial charge in [0.25, 0.3) is 0 Å². The largest absolute Gasteiger partial charge is 0.468 e. The monoisotopic (exact) mass is 294 g/mol. The second-order valence-corrected chi connectivity index (χ2v) is 6.57. The predicted octanol–water partition coefficient (Wildman–Crippen LogP) is 2.88. The number of ether oxygens (including phenoxy) is 1. The average molecular weight is 294 g/mol. The van der Waals surface area contributed by atoms with E-state index in [-0.39, 0.29) is 0 Å². The summed E-state index contributed by atoms with van der Waals surface area (Å²) in [6, 6.07) is 2.12. The second-order valence-electron chi connectivity index (χ2n) is 6.57. The predicted molar refractivity (Wildman–Crippen MR) is 85.1 cm³/mol. The lowest BCUT2D eigenvalue weighted by Crippen LogP contribution is -2.34. The third kappa shape index (κ3) is 5.46. The number of rotatable bonds is 8. The summed E-state index contributed by atoms with van der Waals surface area (Å²) >= 11 is 0. The third-order valence-electron chi connectivity index (χ3n) is 4.18. The van der Waals surface area contributed by atoms with Gasteiger partial charge in [-0.1, -0.05) is 13.8 Å². The molecule has 1 aromatic heterocycles. The van der Waals surface area contributed by atoms with Gasteiger partial charge in [-0.05, 0) is 50.4 Å². The summed E-state index contributed by atoms with van der Waals surface area (Å²) < 4.78 is 10.9. The normalized spacial score (nSPS) is 17.7. The molecular weight excluding hydrogens is 264 g/mol. The van der Waals surface area contributed by atoms with Crippen molar-refractivity contribution in [2.24, 2.45) is 11.8 Å². The molecule has 1 fully saturated rings. The molecule has 0 atom stereocenters. The quantitative estimate of drug-likeness (QED) is 0.800. The van der Waals surface area contributed by atoms with E-state index in [0.717, 1.165) is 51.0 Å². The summed E-state index contributed by atoms with van der Waals surface area (Å²) in [6.07, 6.45) is 4.30. The van der Waals surface area contributed by atoms with E-state index in [1.165, 1.54) is 18.4 Å². The van der Waals surface area contributed by atoms with Crippen LogP contribution in [-0.4, -0.2) is 38.3 Å². The minimum Gasteiger partial charge on any atom is -0.468 e. The highest BCUT2D eigenvalue weighted by atomic mass is 16.5. The average Bonchev–Trinajstić information content (AvgIpc) is 2.88. The Kier molecular flexibility index (Phi) is 6.74. The molecule has 21 heavy (non-hydrogen) atoms. The van der Waals surface area contributed by atoms with Crippen molar-refractivity contribution in [3.8, 4) is 0 Å². The van der Waals surface area contributed by atoms with E-state index in [0.29, 0.717) is 5.92 Å². The molecule has 0 unspecified atom stereocenters. The van der Waals surface area contributed by atoms with Crippen molar-refractivity contribution in [2.45, 2.75) is 39.8 Å². The van der Waals surface area contributed by atoms with Gasteiger partial charge in [0.05, 0.1) is 12.8 Å². The lowest BCUT2D eigenvalue weighted by molar-refractivity contribution is 0.0965. The smallest absolute Gasteiger partial charge is 0.122 e. The Morgan fingerprint density at radius 1 is 1.38 bits per heavy atom. The van der Waals surface area contributed by atoms with Crippen LogP contribution in [0.3, 0.4) is 0 Å². The molecule has 1 N–H and O–H groups in total. The van der Waals surface area contributed by atoms with Gasteiger partial charge >= 0.3 is 0 Å². The first-order valence-corrected chi connectivity index (χ1v) is 8.16. The molecule has 0 saturated carbocycles. The molecule has 0 spiro atoms. The van der Waals surface area contributed by atoms with Gasteiger partial charge in [-0.25, -0.2) is 0 Å². The highest BCUT2D eigenvalue weighted by Gasteiger charge is 2.20. The number of nitrogens with zero attached hydrogens (tertiary/aromatic N) is 1. The molecule has 0 radical (unpaired) electrons. The zero-order valence-corrected chi connectivity index (χ0v) is 13.7. The summed E-state index contributed by atoms with van der Waals surface area (Å²) in [7, 11) is 1.80. The zero-order chi connectivity index (χ0) is 15.1. The van der Waals surface area contributed by atoms with Gasteiger partial charge < -0.3 is 14.5 Å². The number of likely N-dealkylation sites (tertiary alicyclic amines) is 1. The van der Waals surface area contributed by atoms with E-state index < -0.39 is 0 Å². The number of methoxy groups -OCH3 is 1. The lowest BCUT2D eigenvalue weighted by Gasteiger charge is -2.31. The Balaban J connectivity index is 1.77. The molecule has 1 aliphatic heterocycles. The maximum absolute atomic E-state index is 5.64. The van der Waals surface area contributed by atoms with Crippen LogP contribution in [0.4, 0.5) is 0 Å². The maximum Gasteiger partial charge on any atom is 0.122 e. The number of piperidine rings is 1. The van der Waals surface area contributed by atoms with Crippen LogP contribution in [0.1, 0.15) is 38.0 Å². The lowest BCUT2D eigenvalue weighted by atomic mass is 9.97. The molecule has 2 heterocycles. The van der Waals surface area contributed by atoms with Crippen LogP contribution in [0, 0.1) is 11.8 Å². The molecule has 1 aromatic rings. The Hall–Kier alpha value is -0.840. The van der Waals surface area contributed by atoms with E-state index in [1.807, 2.05) is 6.26 Å². The minimum atomic E-state index is 0.670. The second kappa shape index (κ2) is 8.57. The standard InChI is InChI=1S/C17H30N2O2/c1-14(2)10-18-11-17-16(6-9-21-17)12-19-7-4-15(5-8-19)13-20-3/h6,9,14-15,18H,4-5,7-8,10-13H2,1-3H3. The van der Waals surface area contributed by atoms with Crippen molar-refractivity contribution in [2.75, 3.05) is 33.4 Å². The number of furan rings is 1. The Morgan fingerprint density at radius 2 is 2.14 bits per heavy atom. The SMILES string of the molecule is COCC1CCN(Cc2ccoc2CNCC(C)C)CC1. The number of hydrogen-bond donors (Lipinski definition) is 1. The van der Waals surface area contributed by atoms with Crippen LogP contribution >= 0.6 is 0 Å². The molecule has 0 aliphatic carbocycles. The summed E-state index contributed by atoms with van der Waals surface area (Å²) in [6.45, 7) is 10.6. The maximum atomic E-state index is 5.64. The summed E-state index contributed by atoms with van der Waals surface area (Å²) in [5.74, 6) is 2.50. The first-order chi connectivity index (χ1) is 10.2. The van der Waals surface area contributed by atoms with Crippen molar-refractivity contribution in [1.29, 1.82) is 0 Å². The third-order valence-corrected chi connectivity index (χ3v) is 4.18. The fourth-order valence-electron chi connectivity index (χ4n) is 2.93. The van der Waals surface area contributed by atoms with Gasteiger partial charge in [0.1, 0.15) is 5.76 Å². The molecule has 2 rings (SSSR count). The summed E-state index contributed by atoms with van der Waals surface area (Å²) in [5, 5.41) is 3.46. The topological polar surface area (TPSA) is 37.6 Å². The van der Waals surface area contributed by atoms with Crippen molar-refractivity contribution >= 4 is 0 Å². The van der Waals surface area contributed by atoms with E-state index in [4.69, 9.17) is 9.15 Å². The summed E-state index contributed by atoms with van der Waals surface area (Å²) in [5.41, 5.74) is 1.33. The first kappa shape index (κ1) is 16.5. The van der Waals surface area contributed by atoms with Crippen LogP contribution in [-0.2, 0) is 17.8 Å². The molecular formula is C17H30N2O2. The van der Waals surface area contributed by atoms with E-state index >= 15 is 0 Å². The van der Waals surface area contributed by atoms with Gasteiger partial charge in [-0.3, -0.25) is 4.90 Å². The Labute approximate surface area is 128 Å². The molecule has 4 heteroatoms. The van der Waals surface area contributed by atoms with E-state index in [2.05, 4.69) is 30.1 Å². The molecule has 120 valence electrons. The van der Waals surface area contributed by atoms with Gasteiger partial charge in [0.2, 0.25) is 0 Å². The number of hydrogen-bond acceptors (Lipinski definition) is 4. The van der Waals surface area contributed by atoms with Crippen LogP contribution in [0.2, 0.25) is 0 Å². The van der Waals surface area contributed by atoms with Crippen LogP contribution in [0.15, 0.2) is 16.7 Å².